The maximum absolute atomic E-state index is 13.5. The number of benzene rings is 2. The van der Waals surface area contributed by atoms with Gasteiger partial charge in [-0.2, -0.15) is 0 Å². The number of sulfonamides is 1. The normalized spacial score (nSPS) is 12.4. The van der Waals surface area contributed by atoms with Crippen molar-refractivity contribution in [3.63, 3.8) is 0 Å². The van der Waals surface area contributed by atoms with E-state index < -0.39 is 28.5 Å². The minimum Gasteiger partial charge on any atom is -0.352 e. The Kier molecular flexibility index (Phi) is 8.91. The van der Waals surface area contributed by atoms with Gasteiger partial charge in [0.2, 0.25) is 21.8 Å². The zero-order valence-electron chi connectivity index (χ0n) is 19.9. The second-order valence-electron chi connectivity index (χ2n) is 8.51. The summed E-state index contributed by atoms with van der Waals surface area (Å²) in [7, 11) is -3.77. The summed E-state index contributed by atoms with van der Waals surface area (Å²) in [6.07, 6.45) is 1.06. The molecule has 0 aliphatic heterocycles. The van der Waals surface area contributed by atoms with Crippen LogP contribution in [0.3, 0.4) is 0 Å². The quantitative estimate of drug-likeness (QED) is 0.577. The SMILES string of the molecule is Cc1ccc(N(CC(=O)N(Cc2ccccc2Cl)C(C)C(=O)NC(C)C)S(C)(=O)=O)c(C)c1. The first-order valence-electron chi connectivity index (χ1n) is 10.7. The Morgan fingerprint density at radius 3 is 2.24 bits per heavy atom. The van der Waals surface area contributed by atoms with Crippen molar-refractivity contribution in [3.05, 3.63) is 64.2 Å². The van der Waals surface area contributed by atoms with E-state index in [0.29, 0.717) is 16.3 Å². The van der Waals surface area contributed by atoms with Crippen LogP contribution in [0.2, 0.25) is 5.02 Å². The van der Waals surface area contributed by atoms with Crippen molar-refractivity contribution in [2.75, 3.05) is 17.1 Å². The number of anilines is 1. The molecule has 0 saturated carbocycles. The number of aryl methyl sites for hydroxylation is 2. The van der Waals surface area contributed by atoms with Crippen LogP contribution < -0.4 is 9.62 Å². The molecule has 9 heteroatoms. The smallest absolute Gasteiger partial charge is 0.244 e. The molecule has 2 rings (SSSR count). The summed E-state index contributed by atoms with van der Waals surface area (Å²) in [6.45, 7) is 8.61. The maximum Gasteiger partial charge on any atom is 0.244 e. The minimum atomic E-state index is -3.77. The number of hydrogen-bond donors (Lipinski definition) is 1. The Morgan fingerprint density at radius 2 is 1.70 bits per heavy atom. The highest BCUT2D eigenvalue weighted by Gasteiger charge is 2.31. The Labute approximate surface area is 201 Å². The van der Waals surface area contributed by atoms with E-state index in [2.05, 4.69) is 5.32 Å². The van der Waals surface area contributed by atoms with Crippen LogP contribution >= 0.6 is 11.6 Å². The first-order chi connectivity index (χ1) is 15.3. The molecule has 2 aromatic rings. The number of nitrogens with one attached hydrogen (secondary N) is 1. The summed E-state index contributed by atoms with van der Waals surface area (Å²) in [5.74, 6) is -0.838. The van der Waals surface area contributed by atoms with Gasteiger partial charge in [0.15, 0.2) is 0 Å². The van der Waals surface area contributed by atoms with Gasteiger partial charge in [-0.1, -0.05) is 47.5 Å². The Hall–Kier alpha value is -2.58. The fraction of sp³-hybridized carbons (Fsp3) is 0.417. The highest BCUT2D eigenvalue weighted by Crippen LogP contribution is 2.25. The van der Waals surface area contributed by atoms with Crippen LogP contribution in [-0.2, 0) is 26.2 Å². The lowest BCUT2D eigenvalue weighted by Crippen LogP contribution is -2.52. The van der Waals surface area contributed by atoms with Gasteiger partial charge >= 0.3 is 0 Å². The average molecular weight is 494 g/mol. The van der Waals surface area contributed by atoms with Crippen molar-refractivity contribution in [2.45, 2.75) is 53.2 Å². The summed E-state index contributed by atoms with van der Waals surface area (Å²) in [4.78, 5) is 27.6. The number of hydrogen-bond acceptors (Lipinski definition) is 4. The third-order valence-corrected chi connectivity index (χ3v) is 6.69. The van der Waals surface area contributed by atoms with Gasteiger partial charge < -0.3 is 10.2 Å². The second kappa shape index (κ2) is 11.0. The van der Waals surface area contributed by atoms with E-state index in [9.17, 15) is 18.0 Å². The molecule has 1 atom stereocenters. The average Bonchev–Trinajstić information content (AvgIpc) is 2.70. The standard InChI is InChI=1S/C24H32ClN3O4S/c1-16(2)26-24(30)19(5)27(14-20-9-7-8-10-21(20)25)23(29)15-28(33(6,31)32)22-12-11-17(3)13-18(22)4/h7-13,16,19H,14-15H2,1-6H3,(H,26,30). The minimum absolute atomic E-state index is 0.0651. The van der Waals surface area contributed by atoms with Gasteiger partial charge in [0, 0.05) is 17.6 Å². The number of amides is 2. The maximum atomic E-state index is 13.5. The lowest BCUT2D eigenvalue weighted by atomic mass is 10.1. The van der Waals surface area contributed by atoms with Gasteiger partial charge in [0.25, 0.3) is 0 Å². The lowest BCUT2D eigenvalue weighted by Gasteiger charge is -2.32. The molecule has 0 radical (unpaired) electrons. The molecular weight excluding hydrogens is 462 g/mol. The van der Waals surface area contributed by atoms with E-state index >= 15 is 0 Å². The summed E-state index contributed by atoms with van der Waals surface area (Å²) < 4.78 is 26.4. The molecule has 0 saturated heterocycles. The van der Waals surface area contributed by atoms with Crippen LogP contribution in [-0.4, -0.2) is 50.0 Å². The van der Waals surface area contributed by atoms with Crippen LogP contribution in [0.4, 0.5) is 5.69 Å². The van der Waals surface area contributed by atoms with Crippen molar-refractivity contribution >= 4 is 39.1 Å². The molecule has 1 N–H and O–H groups in total. The third-order valence-electron chi connectivity index (χ3n) is 5.20. The Balaban J connectivity index is 2.44. The number of nitrogens with zero attached hydrogens (tertiary/aromatic N) is 2. The summed E-state index contributed by atoms with van der Waals surface area (Å²) in [5.41, 5.74) is 2.80. The van der Waals surface area contributed by atoms with E-state index in [-0.39, 0.29) is 18.5 Å². The highest BCUT2D eigenvalue weighted by atomic mass is 35.5. The predicted molar refractivity (Wildman–Crippen MR) is 133 cm³/mol. The molecule has 0 heterocycles. The van der Waals surface area contributed by atoms with Crippen molar-refractivity contribution in [3.8, 4) is 0 Å². The highest BCUT2D eigenvalue weighted by molar-refractivity contribution is 7.92. The molecule has 1 unspecified atom stereocenters. The summed E-state index contributed by atoms with van der Waals surface area (Å²) >= 11 is 6.31. The van der Waals surface area contributed by atoms with E-state index in [0.717, 1.165) is 21.7 Å². The third kappa shape index (κ3) is 7.20. The van der Waals surface area contributed by atoms with Gasteiger partial charge in [-0.25, -0.2) is 8.42 Å². The van der Waals surface area contributed by atoms with Crippen LogP contribution in [0.5, 0.6) is 0 Å². The number of carbonyl (C=O) groups excluding carboxylic acids is 2. The fourth-order valence-corrected chi connectivity index (χ4v) is 4.58. The summed E-state index contributed by atoms with van der Waals surface area (Å²) in [5, 5.41) is 3.27. The fourth-order valence-electron chi connectivity index (χ4n) is 3.48. The van der Waals surface area contributed by atoms with Crippen LogP contribution in [0, 0.1) is 13.8 Å². The van der Waals surface area contributed by atoms with Gasteiger partial charge in [-0.3, -0.25) is 13.9 Å². The van der Waals surface area contributed by atoms with Gasteiger partial charge in [-0.15, -0.1) is 0 Å². The summed E-state index contributed by atoms with van der Waals surface area (Å²) in [6, 6.07) is 11.4. The molecule has 2 amide bonds. The molecule has 0 aliphatic carbocycles. The molecule has 0 aliphatic rings. The first-order valence-corrected chi connectivity index (χ1v) is 12.9. The van der Waals surface area contributed by atoms with Gasteiger partial charge in [0.1, 0.15) is 12.6 Å². The molecule has 0 fully saturated rings. The van der Waals surface area contributed by atoms with E-state index in [1.807, 2.05) is 26.8 Å². The molecule has 0 bridgehead atoms. The monoisotopic (exact) mass is 493 g/mol. The molecule has 0 spiro atoms. The van der Waals surface area contributed by atoms with E-state index in [1.165, 1.54) is 4.90 Å². The van der Waals surface area contributed by atoms with E-state index in [4.69, 9.17) is 11.6 Å². The molecule has 33 heavy (non-hydrogen) atoms. The molecule has 180 valence electrons. The molecule has 7 nitrogen and oxygen atoms in total. The van der Waals surface area contributed by atoms with Gasteiger partial charge in [-0.05, 0) is 57.9 Å². The van der Waals surface area contributed by atoms with Crippen molar-refractivity contribution < 1.29 is 18.0 Å². The zero-order chi connectivity index (χ0) is 24.9. The zero-order valence-corrected chi connectivity index (χ0v) is 21.5. The van der Waals surface area contributed by atoms with E-state index in [1.54, 1.807) is 50.2 Å². The molecule has 2 aromatic carbocycles. The van der Waals surface area contributed by atoms with Crippen molar-refractivity contribution in [1.29, 1.82) is 0 Å². The number of halogens is 1. The van der Waals surface area contributed by atoms with Crippen LogP contribution in [0.25, 0.3) is 0 Å². The first kappa shape index (κ1) is 26.7. The largest absolute Gasteiger partial charge is 0.352 e. The second-order valence-corrected chi connectivity index (χ2v) is 10.8. The predicted octanol–water partition coefficient (Wildman–Crippen LogP) is 3.66. The molecular formula is C24H32ClN3O4S. The Morgan fingerprint density at radius 1 is 1.06 bits per heavy atom. The van der Waals surface area contributed by atoms with Crippen LogP contribution in [0.1, 0.15) is 37.5 Å². The number of carbonyl (C=O) groups is 2. The Bertz CT molecular complexity index is 1120. The molecule has 0 aromatic heterocycles. The van der Waals surface area contributed by atoms with Gasteiger partial charge in [0.05, 0.1) is 11.9 Å². The van der Waals surface area contributed by atoms with Crippen molar-refractivity contribution in [2.24, 2.45) is 0 Å². The van der Waals surface area contributed by atoms with Crippen molar-refractivity contribution in [1.82, 2.24) is 10.2 Å². The number of rotatable bonds is 9. The lowest BCUT2D eigenvalue weighted by molar-refractivity contribution is -0.139. The van der Waals surface area contributed by atoms with Crippen LogP contribution in [0.15, 0.2) is 42.5 Å². The topological polar surface area (TPSA) is 86.8 Å².